The lowest BCUT2D eigenvalue weighted by Crippen LogP contribution is -2.41. The van der Waals surface area contributed by atoms with Crippen LogP contribution in [0.25, 0.3) is 0 Å². The van der Waals surface area contributed by atoms with E-state index in [2.05, 4.69) is 24.4 Å². The van der Waals surface area contributed by atoms with E-state index in [1.807, 2.05) is 20.8 Å². The molecule has 0 aliphatic rings. The van der Waals surface area contributed by atoms with Crippen LogP contribution in [-0.2, 0) is 4.79 Å². The summed E-state index contributed by atoms with van der Waals surface area (Å²) in [6.07, 6.45) is 0. The van der Waals surface area contributed by atoms with E-state index in [4.69, 9.17) is 5.11 Å². The zero-order chi connectivity index (χ0) is 12.3. The molecule has 2 atom stereocenters. The average Bonchev–Trinajstić information content (AvgIpc) is 2.59. The zero-order valence-electron chi connectivity index (χ0n) is 10.2. The van der Waals surface area contributed by atoms with E-state index in [1.165, 1.54) is 9.75 Å². The van der Waals surface area contributed by atoms with Gasteiger partial charge in [0.05, 0.1) is 0 Å². The van der Waals surface area contributed by atoms with Crippen LogP contribution in [0.2, 0.25) is 0 Å². The van der Waals surface area contributed by atoms with E-state index >= 15 is 0 Å². The minimum Gasteiger partial charge on any atom is -0.480 e. The highest BCUT2D eigenvalue weighted by molar-refractivity contribution is 7.12. The van der Waals surface area contributed by atoms with Gasteiger partial charge in [0.15, 0.2) is 0 Å². The van der Waals surface area contributed by atoms with Crippen molar-refractivity contribution in [1.82, 2.24) is 5.32 Å². The second-order valence-electron chi connectivity index (χ2n) is 4.40. The topological polar surface area (TPSA) is 49.3 Å². The van der Waals surface area contributed by atoms with Crippen LogP contribution in [0.4, 0.5) is 0 Å². The number of hydrogen-bond acceptors (Lipinski definition) is 3. The molecule has 16 heavy (non-hydrogen) atoms. The van der Waals surface area contributed by atoms with Gasteiger partial charge in [-0.2, -0.15) is 0 Å². The van der Waals surface area contributed by atoms with Gasteiger partial charge in [-0.1, -0.05) is 13.8 Å². The molecule has 1 heterocycles. The Kier molecular flexibility index (Phi) is 4.50. The Hall–Kier alpha value is -0.870. The molecule has 1 rings (SSSR count). The summed E-state index contributed by atoms with van der Waals surface area (Å²) >= 11 is 1.71. The summed E-state index contributed by atoms with van der Waals surface area (Å²) in [6.45, 7) is 7.89. The van der Waals surface area contributed by atoms with E-state index < -0.39 is 12.0 Å². The lowest BCUT2D eigenvalue weighted by molar-refractivity contribution is -0.140. The number of thiophene rings is 1. The highest BCUT2D eigenvalue weighted by Gasteiger charge is 2.23. The molecule has 0 aliphatic heterocycles. The average molecular weight is 241 g/mol. The fourth-order valence-corrected chi connectivity index (χ4v) is 2.48. The number of rotatable bonds is 5. The molecule has 90 valence electrons. The molecule has 0 saturated carbocycles. The number of carbonyl (C=O) groups is 1. The summed E-state index contributed by atoms with van der Waals surface area (Å²) in [4.78, 5) is 13.5. The molecule has 2 unspecified atom stereocenters. The quantitative estimate of drug-likeness (QED) is 0.833. The molecule has 0 fully saturated rings. The van der Waals surface area contributed by atoms with Gasteiger partial charge in [0.25, 0.3) is 0 Å². The number of nitrogens with one attached hydrogen (secondary N) is 1. The van der Waals surface area contributed by atoms with E-state index in [9.17, 15) is 4.79 Å². The number of aliphatic carboxylic acids is 1. The fraction of sp³-hybridized carbons (Fsp3) is 0.583. The molecule has 4 heteroatoms. The summed E-state index contributed by atoms with van der Waals surface area (Å²) in [7, 11) is 0. The SMILES string of the molecule is Cc1ccc(C(C)NC(C(=O)O)C(C)C)s1. The van der Waals surface area contributed by atoms with Crippen LogP contribution in [0.5, 0.6) is 0 Å². The Morgan fingerprint density at radius 2 is 2.00 bits per heavy atom. The normalized spacial score (nSPS) is 15.1. The maximum atomic E-state index is 11.1. The van der Waals surface area contributed by atoms with Crippen molar-refractivity contribution in [3.63, 3.8) is 0 Å². The Morgan fingerprint density at radius 1 is 1.38 bits per heavy atom. The second-order valence-corrected chi connectivity index (χ2v) is 5.72. The van der Waals surface area contributed by atoms with Crippen LogP contribution in [-0.4, -0.2) is 17.1 Å². The van der Waals surface area contributed by atoms with Crippen LogP contribution < -0.4 is 5.32 Å². The molecule has 0 amide bonds. The number of carboxylic acids is 1. The van der Waals surface area contributed by atoms with Crippen molar-refractivity contribution >= 4 is 17.3 Å². The van der Waals surface area contributed by atoms with Crippen molar-refractivity contribution in [1.29, 1.82) is 0 Å². The zero-order valence-corrected chi connectivity index (χ0v) is 11.0. The Labute approximate surface area is 100 Å². The number of hydrogen-bond donors (Lipinski definition) is 2. The molecule has 0 bridgehead atoms. The summed E-state index contributed by atoms with van der Waals surface area (Å²) in [5.41, 5.74) is 0. The molecular weight excluding hydrogens is 222 g/mol. The Balaban J connectivity index is 2.68. The summed E-state index contributed by atoms with van der Waals surface area (Å²) in [6, 6.07) is 3.71. The van der Waals surface area contributed by atoms with Crippen molar-refractivity contribution in [2.75, 3.05) is 0 Å². The molecule has 0 aliphatic carbocycles. The smallest absolute Gasteiger partial charge is 0.320 e. The minimum atomic E-state index is -0.782. The van der Waals surface area contributed by atoms with Crippen molar-refractivity contribution in [3.05, 3.63) is 21.9 Å². The largest absolute Gasteiger partial charge is 0.480 e. The van der Waals surface area contributed by atoms with Gasteiger partial charge in [-0.05, 0) is 31.9 Å². The maximum Gasteiger partial charge on any atom is 0.320 e. The van der Waals surface area contributed by atoms with E-state index in [0.29, 0.717) is 0 Å². The standard InChI is InChI=1S/C12H19NO2S/c1-7(2)11(12(14)15)13-9(4)10-6-5-8(3)16-10/h5-7,9,11,13H,1-4H3,(H,14,15). The van der Waals surface area contributed by atoms with Crippen LogP contribution >= 0.6 is 11.3 Å². The Morgan fingerprint density at radius 3 is 2.38 bits per heavy atom. The van der Waals surface area contributed by atoms with Gasteiger partial charge in [0.1, 0.15) is 6.04 Å². The van der Waals surface area contributed by atoms with Crippen molar-refractivity contribution < 1.29 is 9.90 Å². The lowest BCUT2D eigenvalue weighted by Gasteiger charge is -2.22. The van der Waals surface area contributed by atoms with Gasteiger partial charge in [-0.15, -0.1) is 11.3 Å². The lowest BCUT2D eigenvalue weighted by atomic mass is 10.0. The minimum absolute atomic E-state index is 0.0843. The molecule has 3 nitrogen and oxygen atoms in total. The third-order valence-corrected chi connectivity index (χ3v) is 3.73. The van der Waals surface area contributed by atoms with Crippen LogP contribution in [0.1, 0.15) is 36.6 Å². The second kappa shape index (κ2) is 5.46. The van der Waals surface area contributed by atoms with Gasteiger partial charge in [0.2, 0.25) is 0 Å². The molecule has 2 N–H and O–H groups in total. The highest BCUT2D eigenvalue weighted by atomic mass is 32.1. The van der Waals surface area contributed by atoms with Crippen LogP contribution in [0, 0.1) is 12.8 Å². The van der Waals surface area contributed by atoms with Crippen molar-refractivity contribution in [2.24, 2.45) is 5.92 Å². The number of carboxylic acid groups (broad SMARTS) is 1. The van der Waals surface area contributed by atoms with Gasteiger partial charge >= 0.3 is 5.97 Å². The monoisotopic (exact) mass is 241 g/mol. The maximum absolute atomic E-state index is 11.1. The van der Waals surface area contributed by atoms with E-state index in [-0.39, 0.29) is 12.0 Å². The highest BCUT2D eigenvalue weighted by Crippen LogP contribution is 2.23. The van der Waals surface area contributed by atoms with Crippen molar-refractivity contribution in [2.45, 2.75) is 39.8 Å². The molecule has 0 spiro atoms. The Bertz CT molecular complexity index is 360. The number of aryl methyl sites for hydroxylation is 1. The van der Waals surface area contributed by atoms with Gasteiger partial charge < -0.3 is 5.11 Å². The predicted molar refractivity (Wildman–Crippen MR) is 66.9 cm³/mol. The summed E-state index contributed by atoms with van der Waals surface area (Å²) < 4.78 is 0. The van der Waals surface area contributed by atoms with Crippen molar-refractivity contribution in [3.8, 4) is 0 Å². The molecule has 0 radical (unpaired) electrons. The third kappa shape index (κ3) is 3.32. The third-order valence-electron chi connectivity index (χ3n) is 2.55. The first-order valence-corrected chi connectivity index (χ1v) is 6.28. The molecular formula is C12H19NO2S. The molecule has 1 aromatic heterocycles. The van der Waals surface area contributed by atoms with E-state index in [1.54, 1.807) is 11.3 Å². The van der Waals surface area contributed by atoms with E-state index in [0.717, 1.165) is 0 Å². The fourth-order valence-electron chi connectivity index (χ4n) is 1.59. The molecule has 1 aromatic rings. The first-order valence-electron chi connectivity index (χ1n) is 5.47. The van der Waals surface area contributed by atoms with Gasteiger partial charge in [-0.3, -0.25) is 10.1 Å². The molecule has 0 aromatic carbocycles. The molecule has 0 saturated heterocycles. The van der Waals surface area contributed by atoms with Crippen LogP contribution in [0.15, 0.2) is 12.1 Å². The van der Waals surface area contributed by atoms with Gasteiger partial charge in [0, 0.05) is 15.8 Å². The van der Waals surface area contributed by atoms with Crippen LogP contribution in [0.3, 0.4) is 0 Å². The summed E-state index contributed by atoms with van der Waals surface area (Å²) in [5.74, 6) is -0.698. The summed E-state index contributed by atoms with van der Waals surface area (Å²) in [5, 5.41) is 12.2. The first kappa shape index (κ1) is 13.2. The first-order chi connectivity index (χ1) is 7.41. The predicted octanol–water partition coefficient (Wildman–Crippen LogP) is 2.82. The van der Waals surface area contributed by atoms with Gasteiger partial charge in [-0.25, -0.2) is 0 Å².